The summed E-state index contributed by atoms with van der Waals surface area (Å²) < 4.78 is 40.7. The number of methoxy groups -OCH3 is 2. The molecule has 2 aliphatic rings. The van der Waals surface area contributed by atoms with Gasteiger partial charge in [-0.3, -0.25) is 0 Å². The number of nitrogens with zero attached hydrogens (tertiary/aromatic N) is 3. The van der Waals surface area contributed by atoms with Crippen molar-refractivity contribution < 1.29 is 43.0 Å². The first kappa shape index (κ1) is 154. The fraction of sp³-hybridized carbons (Fsp3) is 1.00. The van der Waals surface area contributed by atoms with Crippen molar-refractivity contribution in [1.29, 1.82) is 0 Å². The SMILES string of the molecule is CC(C)CCCNC(C)C.CC(C)CN.CC(C)OCCCN.CCC(O)CN.CCCCCCCCCCCNCCCC.CCCCCNCC.CCCCN.CCCCOCCCC.CCCCOCCCN.CCCCOCCOCCNC.CCN(CC)CCN.CCOCCCN.COC(CN)OC.NCCN1CCCC1.NCCN1CCCCC1. The first-order valence-corrected chi connectivity index (χ1v) is 52.6. The number of likely N-dealkylation sites (N-methyl/N-ethyl adjacent to an activating group) is 2. The van der Waals surface area contributed by atoms with Crippen molar-refractivity contribution in [3.8, 4) is 0 Å². The summed E-state index contributed by atoms with van der Waals surface area (Å²) in [6.07, 6.45) is 44.7. The number of rotatable bonds is 68. The van der Waals surface area contributed by atoms with Crippen molar-refractivity contribution in [1.82, 2.24) is 36.0 Å². The lowest BCUT2D eigenvalue weighted by Gasteiger charge is -2.25. The predicted octanol–water partition coefficient (Wildman–Crippen LogP) is 16.4. The van der Waals surface area contributed by atoms with E-state index in [4.69, 9.17) is 100 Å². The molecule has 2 heterocycles. The Morgan fingerprint density at radius 3 is 1.02 bits per heavy atom. The fourth-order valence-electron chi connectivity index (χ4n) is 10.1. The zero-order chi connectivity index (χ0) is 98.9. The highest BCUT2D eigenvalue weighted by Crippen LogP contribution is 2.10. The third-order valence-electron chi connectivity index (χ3n) is 18.7. The molecule has 0 aliphatic carbocycles. The molecule has 25 N–H and O–H groups in total. The molecule has 26 nitrogen and oxygen atoms in total. The molecule has 0 radical (unpaired) electrons. The molecule has 788 valence electrons. The van der Waals surface area contributed by atoms with Crippen LogP contribution in [-0.4, -0.2) is 302 Å². The second kappa shape index (κ2) is 162. The van der Waals surface area contributed by atoms with Gasteiger partial charge in [-0.15, -0.1) is 0 Å². The van der Waals surface area contributed by atoms with Crippen LogP contribution in [0.3, 0.4) is 0 Å². The molecule has 2 saturated heterocycles. The Hall–Kier alpha value is -1.04. The molecular formula is C101H245N17O9. The normalized spacial score (nSPS) is 12.1. The highest BCUT2D eigenvalue weighted by molar-refractivity contribution is 4.66. The second-order valence-electron chi connectivity index (χ2n) is 33.2. The van der Waals surface area contributed by atoms with Crippen molar-refractivity contribution in [3.63, 3.8) is 0 Å². The van der Waals surface area contributed by atoms with E-state index in [2.05, 4.69) is 154 Å². The molecule has 26 heteroatoms. The van der Waals surface area contributed by atoms with E-state index in [9.17, 15) is 0 Å². The smallest absolute Gasteiger partial charge is 0.168 e. The first-order chi connectivity index (χ1) is 61.4. The van der Waals surface area contributed by atoms with Gasteiger partial charge in [-0.25, -0.2) is 0 Å². The Morgan fingerprint density at radius 1 is 0.346 bits per heavy atom. The van der Waals surface area contributed by atoms with Gasteiger partial charge in [0.2, 0.25) is 0 Å². The maximum Gasteiger partial charge on any atom is 0.168 e. The highest BCUT2D eigenvalue weighted by Gasteiger charge is 2.09. The third-order valence-corrected chi connectivity index (χ3v) is 18.7. The van der Waals surface area contributed by atoms with Gasteiger partial charge in [-0.1, -0.05) is 234 Å². The molecule has 0 saturated carbocycles. The Labute approximate surface area is 796 Å². The van der Waals surface area contributed by atoms with Gasteiger partial charge >= 0.3 is 0 Å². The molecule has 127 heavy (non-hydrogen) atoms. The van der Waals surface area contributed by atoms with Crippen molar-refractivity contribution in [3.05, 3.63) is 0 Å². The standard InChI is InChI=1S/C15H33N.C9H21NO2.C9H21N.C8H18O.C7H16N2.C7H17NO.C7H17N.C6H14N2.C6H16N2.C6H15NO.C5H13NO.C4H11NO2.C4H11NO.2C4H11N/c1-3-5-7-8-9-10-11-12-13-15-16-14-6-4-2;1-3-4-6-11-8-9-12-7-5-10-2;1-8(2)6-5-7-10-9(3)4;1-3-5-7-9-8-6-4-2;8-4-7-9-5-2-1-3-6-9;1-2-3-6-9-7-4-5-8;1-3-5-6-7-8-4-2;7-3-6-8-4-1-2-5-8;1-3-8(4-2)6-5-7;1-6(2)8-5-3-4-7;1-2-7-5-3-4-6;1-6-4(3-5)7-2;1-2-4(6)3-5;1-4(2)3-5;1-2-3-4-5/h16H,3-15H2,1-2H3;10H,3-9H2,1-2H3;8-10H,5-7H2,1-4H3;3-8H2,1-2H3;1-8H2;2-8H2,1H3;8H,3-7H2,1-2H3;1-7H2;3-7H2,1-2H3;6H,3-5,7H2,1-2H3;2-6H2,1H3;4H,3,5H2,1-2H3;4,6H,2-3,5H2,1H3;4H,3,5H2,1-2H3;2-5H2,1H3. The third kappa shape index (κ3) is 205. The maximum atomic E-state index is 8.54. The summed E-state index contributed by atoms with van der Waals surface area (Å²) >= 11 is 0. The van der Waals surface area contributed by atoms with Crippen LogP contribution in [0.4, 0.5) is 0 Å². The van der Waals surface area contributed by atoms with Crippen LogP contribution in [0.15, 0.2) is 0 Å². The van der Waals surface area contributed by atoms with E-state index in [0.717, 1.165) is 202 Å². The number of likely N-dealkylation sites (tertiary alicyclic amines) is 2. The molecule has 0 amide bonds. The molecule has 0 bridgehead atoms. The number of piperidine rings is 1. The number of aliphatic hydroxyl groups is 1. The van der Waals surface area contributed by atoms with Gasteiger partial charge in [0.1, 0.15) is 0 Å². The molecule has 1 unspecified atom stereocenters. The minimum absolute atomic E-state index is 0.236. The lowest BCUT2D eigenvalue weighted by atomic mass is 10.1. The minimum Gasteiger partial charge on any atom is -0.392 e. The molecule has 1 atom stereocenters. The number of nitrogens with one attached hydrogen (secondary N) is 4. The molecule has 0 aromatic carbocycles. The van der Waals surface area contributed by atoms with E-state index < -0.39 is 0 Å². The lowest BCUT2D eigenvalue weighted by Crippen LogP contribution is -2.33. The summed E-state index contributed by atoms with van der Waals surface area (Å²) in [5, 5.41) is 21.7. The van der Waals surface area contributed by atoms with Crippen LogP contribution in [0, 0.1) is 11.8 Å². The quantitative estimate of drug-likeness (QED) is 0.0199. The Bertz CT molecular complexity index is 1490. The van der Waals surface area contributed by atoms with E-state index in [1.165, 1.54) is 245 Å². The largest absolute Gasteiger partial charge is 0.392 e. The van der Waals surface area contributed by atoms with Crippen LogP contribution in [0.25, 0.3) is 0 Å². The summed E-state index contributed by atoms with van der Waals surface area (Å²) in [6.45, 7) is 78.7. The highest BCUT2D eigenvalue weighted by atomic mass is 16.7. The molecule has 2 fully saturated rings. The molecule has 2 rings (SSSR count). The van der Waals surface area contributed by atoms with Crippen molar-refractivity contribution >= 4 is 0 Å². The topological polar surface area (TPSA) is 412 Å². The van der Waals surface area contributed by atoms with Crippen LogP contribution in [0.2, 0.25) is 0 Å². The maximum absolute atomic E-state index is 8.54. The predicted molar refractivity (Wildman–Crippen MR) is 567 cm³/mol. The van der Waals surface area contributed by atoms with E-state index in [1.807, 2.05) is 34.7 Å². The van der Waals surface area contributed by atoms with E-state index in [0.29, 0.717) is 37.8 Å². The van der Waals surface area contributed by atoms with Crippen LogP contribution in [0.1, 0.15) is 370 Å². The lowest BCUT2D eigenvalue weighted by molar-refractivity contribution is -0.0940. The number of unbranched alkanes of at least 4 members (excludes halogenated alkanes) is 16. The molecule has 0 aromatic rings. The van der Waals surface area contributed by atoms with Crippen LogP contribution in [0.5, 0.6) is 0 Å². The molecule has 0 aromatic heterocycles. The van der Waals surface area contributed by atoms with Gasteiger partial charge in [0.15, 0.2) is 6.29 Å². The van der Waals surface area contributed by atoms with Gasteiger partial charge in [0.25, 0.3) is 0 Å². The minimum atomic E-state index is -0.287. The summed E-state index contributed by atoms with van der Waals surface area (Å²) in [6, 6.07) is 0.646. The Morgan fingerprint density at radius 2 is 0.717 bits per heavy atom. The first-order valence-electron chi connectivity index (χ1n) is 52.6. The monoisotopic (exact) mass is 1840 g/mol. The average Bonchev–Trinajstić information content (AvgIpc) is 1.83. The second-order valence-corrected chi connectivity index (χ2v) is 33.2. The summed E-state index contributed by atoms with van der Waals surface area (Å²) in [4.78, 5) is 7.17. The van der Waals surface area contributed by atoms with Gasteiger partial charge in [-0.2, -0.15) is 0 Å². The fourth-order valence-corrected chi connectivity index (χ4v) is 10.1. The Balaban J connectivity index is -0.000000101. The van der Waals surface area contributed by atoms with Crippen LogP contribution >= 0.6 is 0 Å². The van der Waals surface area contributed by atoms with Crippen molar-refractivity contribution in [2.75, 3.05) is 258 Å². The Kier molecular flexibility index (Phi) is 196. The molecule has 2 aliphatic heterocycles. The van der Waals surface area contributed by atoms with Gasteiger partial charge in [0.05, 0.1) is 32.0 Å². The summed E-state index contributed by atoms with van der Waals surface area (Å²) in [5.74, 6) is 1.52. The molecule has 0 spiro atoms. The van der Waals surface area contributed by atoms with Crippen LogP contribution in [-0.2, 0) is 37.9 Å². The number of aliphatic hydroxyl groups excluding tert-OH is 1. The number of ether oxygens (including phenoxy) is 8. The zero-order valence-electron chi connectivity index (χ0n) is 90.5. The van der Waals surface area contributed by atoms with E-state index in [-0.39, 0.29) is 12.4 Å². The molecular weight excluding hydrogens is 1600 g/mol. The van der Waals surface area contributed by atoms with Crippen molar-refractivity contribution in [2.45, 2.75) is 395 Å². The van der Waals surface area contributed by atoms with Crippen LogP contribution < -0.4 is 78.6 Å². The van der Waals surface area contributed by atoms with Crippen molar-refractivity contribution in [2.24, 2.45) is 69.2 Å². The average molecular weight is 1840 g/mol. The van der Waals surface area contributed by atoms with E-state index >= 15 is 0 Å². The number of hydrogen-bond donors (Lipinski definition) is 15. The summed E-state index contributed by atoms with van der Waals surface area (Å²) in [5.41, 5.74) is 52.3. The van der Waals surface area contributed by atoms with Gasteiger partial charge in [0, 0.05) is 132 Å². The zero-order valence-corrected chi connectivity index (χ0v) is 90.5. The van der Waals surface area contributed by atoms with E-state index in [1.54, 1.807) is 14.2 Å². The van der Waals surface area contributed by atoms with Gasteiger partial charge < -0.3 is 136 Å². The number of hydrogen-bond acceptors (Lipinski definition) is 26. The summed E-state index contributed by atoms with van der Waals surface area (Å²) in [7, 11) is 5.03. The van der Waals surface area contributed by atoms with Gasteiger partial charge in [-0.05, 0) is 260 Å². The number of nitrogens with two attached hydrogens (primary N) is 10.